The van der Waals surface area contributed by atoms with Gasteiger partial charge >= 0.3 is 0 Å². The van der Waals surface area contributed by atoms with Crippen molar-refractivity contribution in [1.82, 2.24) is 20.0 Å². The van der Waals surface area contributed by atoms with E-state index in [0.29, 0.717) is 0 Å². The number of halogens is 1. The molecule has 104 valence electrons. The molecule has 1 N–H and O–H groups in total. The molecule has 1 atom stereocenters. The van der Waals surface area contributed by atoms with E-state index in [0.717, 1.165) is 43.2 Å². The van der Waals surface area contributed by atoms with Crippen molar-refractivity contribution in [2.24, 2.45) is 0 Å². The molecular weight excluding hydrogens is 248 g/mol. The normalized spacial score (nSPS) is 13.2. The molecule has 4 nitrogen and oxygen atoms in total. The molecule has 1 unspecified atom stereocenters. The molecule has 5 heteroatoms. The van der Waals surface area contributed by atoms with Gasteiger partial charge in [-0.25, -0.2) is 0 Å². The lowest BCUT2D eigenvalue weighted by molar-refractivity contribution is 0.353. The Hall–Kier alpha value is -0.580. The maximum Gasteiger partial charge on any atom is 0.0834 e. The Bertz CT molecular complexity index is 349. The topological polar surface area (TPSA) is 33.1 Å². The van der Waals surface area contributed by atoms with Crippen LogP contribution in [-0.2, 0) is 6.54 Å². The van der Waals surface area contributed by atoms with E-state index in [4.69, 9.17) is 11.6 Å². The Morgan fingerprint density at radius 3 is 2.72 bits per heavy atom. The molecule has 0 fully saturated rings. The summed E-state index contributed by atoms with van der Waals surface area (Å²) in [5, 5.41) is 8.65. The van der Waals surface area contributed by atoms with Gasteiger partial charge in [0.25, 0.3) is 0 Å². The Kier molecular flexibility index (Phi) is 6.68. The third-order valence-corrected chi connectivity index (χ3v) is 3.21. The lowest BCUT2D eigenvalue weighted by Crippen LogP contribution is -2.28. The molecule has 0 bridgehead atoms. The van der Waals surface area contributed by atoms with Crippen molar-refractivity contribution in [2.45, 2.75) is 39.3 Å². The van der Waals surface area contributed by atoms with Gasteiger partial charge in [0.2, 0.25) is 0 Å². The smallest absolute Gasteiger partial charge is 0.0834 e. The van der Waals surface area contributed by atoms with E-state index in [1.54, 1.807) is 6.20 Å². The molecule has 0 aliphatic heterocycles. The van der Waals surface area contributed by atoms with Crippen LogP contribution in [0.2, 0.25) is 5.02 Å². The molecule has 0 amide bonds. The van der Waals surface area contributed by atoms with Crippen molar-refractivity contribution < 1.29 is 0 Å². The van der Waals surface area contributed by atoms with Crippen molar-refractivity contribution in [3.63, 3.8) is 0 Å². The van der Waals surface area contributed by atoms with Gasteiger partial charge in [0, 0.05) is 6.54 Å². The van der Waals surface area contributed by atoms with Crippen LogP contribution in [-0.4, -0.2) is 41.9 Å². The molecular formula is C13H25ClN4. The molecule has 1 aromatic heterocycles. The summed E-state index contributed by atoms with van der Waals surface area (Å²) in [6.45, 7) is 7.17. The van der Waals surface area contributed by atoms with Gasteiger partial charge in [0.05, 0.1) is 23.0 Å². The summed E-state index contributed by atoms with van der Waals surface area (Å²) < 4.78 is 2.03. The van der Waals surface area contributed by atoms with E-state index in [2.05, 4.69) is 43.3 Å². The summed E-state index contributed by atoms with van der Waals surface area (Å²) in [5.41, 5.74) is 1.13. The van der Waals surface area contributed by atoms with Crippen LogP contribution in [0.5, 0.6) is 0 Å². The summed E-state index contributed by atoms with van der Waals surface area (Å²) in [6, 6.07) is 0.277. The van der Waals surface area contributed by atoms with E-state index in [-0.39, 0.29) is 6.04 Å². The summed E-state index contributed by atoms with van der Waals surface area (Å²) in [4.78, 5) is 2.19. The molecule has 1 rings (SSSR count). The van der Waals surface area contributed by atoms with Gasteiger partial charge in [0.15, 0.2) is 0 Å². The van der Waals surface area contributed by atoms with Crippen molar-refractivity contribution in [1.29, 1.82) is 0 Å². The minimum absolute atomic E-state index is 0.277. The standard InChI is InChI=1S/C13H25ClN4/c1-5-8-18-13(11(14)10-16-18)12(15-6-2)7-9-17(3)4/h10,12,15H,5-9H2,1-4H3. The van der Waals surface area contributed by atoms with Gasteiger partial charge in [-0.1, -0.05) is 25.4 Å². The fraction of sp³-hybridized carbons (Fsp3) is 0.769. The number of nitrogens with one attached hydrogen (secondary N) is 1. The minimum Gasteiger partial charge on any atom is -0.309 e. The first kappa shape index (κ1) is 15.5. The highest BCUT2D eigenvalue weighted by Gasteiger charge is 2.19. The van der Waals surface area contributed by atoms with Crippen molar-refractivity contribution >= 4 is 11.6 Å². The number of nitrogens with zero attached hydrogens (tertiary/aromatic N) is 3. The van der Waals surface area contributed by atoms with Crippen molar-refractivity contribution in [3.8, 4) is 0 Å². The highest BCUT2D eigenvalue weighted by molar-refractivity contribution is 6.31. The number of hydrogen-bond acceptors (Lipinski definition) is 3. The van der Waals surface area contributed by atoms with Crippen molar-refractivity contribution in [3.05, 3.63) is 16.9 Å². The first-order valence-corrected chi connectivity index (χ1v) is 7.07. The lowest BCUT2D eigenvalue weighted by Gasteiger charge is -2.21. The summed E-state index contributed by atoms with van der Waals surface area (Å²) >= 11 is 6.29. The van der Waals surface area contributed by atoms with E-state index in [1.807, 2.05) is 4.68 Å². The summed E-state index contributed by atoms with van der Waals surface area (Å²) in [5.74, 6) is 0. The molecule has 0 aromatic carbocycles. The van der Waals surface area contributed by atoms with Crippen LogP contribution in [0.1, 0.15) is 38.4 Å². The van der Waals surface area contributed by atoms with Gasteiger partial charge in [-0.15, -0.1) is 0 Å². The predicted molar refractivity (Wildman–Crippen MR) is 77.1 cm³/mol. The maximum atomic E-state index is 6.29. The molecule has 0 aliphatic carbocycles. The Labute approximate surface area is 115 Å². The average molecular weight is 273 g/mol. The predicted octanol–water partition coefficient (Wildman–Crippen LogP) is 2.55. The molecule has 1 aromatic rings. The fourth-order valence-corrected chi connectivity index (χ4v) is 2.35. The van der Waals surface area contributed by atoms with Crippen molar-refractivity contribution in [2.75, 3.05) is 27.2 Å². The summed E-state index contributed by atoms with van der Waals surface area (Å²) in [6.07, 6.45) is 3.86. The molecule has 0 aliphatic rings. The van der Waals surface area contributed by atoms with Gasteiger partial charge in [-0.2, -0.15) is 5.10 Å². The van der Waals surface area contributed by atoms with E-state index < -0.39 is 0 Å². The second kappa shape index (κ2) is 7.77. The lowest BCUT2D eigenvalue weighted by atomic mass is 10.1. The van der Waals surface area contributed by atoms with Gasteiger partial charge < -0.3 is 10.2 Å². The second-order valence-electron chi connectivity index (χ2n) is 4.80. The molecule has 0 saturated heterocycles. The molecule has 0 saturated carbocycles. The number of aryl methyl sites for hydroxylation is 1. The molecule has 18 heavy (non-hydrogen) atoms. The van der Waals surface area contributed by atoms with Crippen LogP contribution in [0.3, 0.4) is 0 Å². The first-order chi connectivity index (χ1) is 8.60. The van der Waals surface area contributed by atoms with Crippen LogP contribution in [0.4, 0.5) is 0 Å². The third kappa shape index (κ3) is 4.26. The molecule has 0 spiro atoms. The first-order valence-electron chi connectivity index (χ1n) is 6.69. The Morgan fingerprint density at radius 2 is 2.17 bits per heavy atom. The zero-order chi connectivity index (χ0) is 13.5. The van der Waals surface area contributed by atoms with Gasteiger partial charge in [-0.05, 0) is 40.0 Å². The van der Waals surface area contributed by atoms with Crippen LogP contribution in [0, 0.1) is 0 Å². The highest BCUT2D eigenvalue weighted by Crippen LogP contribution is 2.25. The number of aromatic nitrogens is 2. The van der Waals surface area contributed by atoms with Gasteiger partial charge in [-0.3, -0.25) is 4.68 Å². The zero-order valence-electron chi connectivity index (χ0n) is 11.9. The largest absolute Gasteiger partial charge is 0.309 e. The van der Waals surface area contributed by atoms with E-state index >= 15 is 0 Å². The highest BCUT2D eigenvalue weighted by atomic mass is 35.5. The van der Waals surface area contributed by atoms with Crippen LogP contribution in [0.25, 0.3) is 0 Å². The average Bonchev–Trinajstić information content (AvgIpc) is 2.67. The Balaban J connectivity index is 2.85. The molecule has 0 radical (unpaired) electrons. The van der Waals surface area contributed by atoms with Gasteiger partial charge in [0.1, 0.15) is 0 Å². The maximum absolute atomic E-state index is 6.29. The zero-order valence-corrected chi connectivity index (χ0v) is 12.7. The minimum atomic E-state index is 0.277. The number of rotatable bonds is 8. The molecule has 1 heterocycles. The van der Waals surface area contributed by atoms with Crippen LogP contribution < -0.4 is 5.32 Å². The third-order valence-electron chi connectivity index (χ3n) is 2.91. The second-order valence-corrected chi connectivity index (χ2v) is 5.21. The SMILES string of the molecule is CCCn1ncc(Cl)c1C(CCN(C)C)NCC. The van der Waals surface area contributed by atoms with E-state index in [1.165, 1.54) is 0 Å². The monoisotopic (exact) mass is 272 g/mol. The van der Waals surface area contributed by atoms with Crippen LogP contribution >= 0.6 is 11.6 Å². The summed E-state index contributed by atoms with van der Waals surface area (Å²) in [7, 11) is 4.18. The quantitative estimate of drug-likeness (QED) is 0.790. The van der Waals surface area contributed by atoms with E-state index in [9.17, 15) is 0 Å². The fourth-order valence-electron chi connectivity index (χ4n) is 2.08. The Morgan fingerprint density at radius 1 is 1.44 bits per heavy atom. The number of hydrogen-bond donors (Lipinski definition) is 1. The van der Waals surface area contributed by atoms with Crippen LogP contribution in [0.15, 0.2) is 6.20 Å².